The maximum Gasteiger partial charge on any atom is 0.268 e. The zero-order valence-electron chi connectivity index (χ0n) is 10.9. The third-order valence-corrected chi connectivity index (χ3v) is 5.16. The smallest absolute Gasteiger partial charge is 0.268 e. The molecule has 0 spiro atoms. The number of rotatable bonds is 1. The van der Waals surface area contributed by atoms with Crippen molar-refractivity contribution in [2.45, 2.75) is 0 Å². The number of halogens is 1. The number of phenols is 1. The first-order valence-corrected chi connectivity index (χ1v) is 7.94. The van der Waals surface area contributed by atoms with Gasteiger partial charge in [-0.2, -0.15) is 0 Å². The van der Waals surface area contributed by atoms with E-state index in [1.807, 2.05) is 0 Å². The predicted molar refractivity (Wildman–Crippen MR) is 86.6 cm³/mol. The summed E-state index contributed by atoms with van der Waals surface area (Å²) in [6.45, 7) is 0. The maximum absolute atomic E-state index is 12.4. The molecule has 108 valence electrons. The van der Waals surface area contributed by atoms with Gasteiger partial charge < -0.3 is 5.11 Å². The lowest BCUT2D eigenvalue weighted by Crippen LogP contribution is -2.29. The van der Waals surface area contributed by atoms with E-state index in [0.29, 0.717) is 25.8 Å². The molecule has 22 heavy (non-hydrogen) atoms. The number of hydrogen-bond donors (Lipinski definition) is 1. The Kier molecular flexibility index (Phi) is 2.82. The number of benzene rings is 2. The standard InChI is InChI=1S/C15H7BrN2O3S/c16-9-5-6-10-12(11(9)19)22-15(17-10)18-13(20)7-3-1-2-4-8(7)14(18)21/h1-6,19H. The van der Waals surface area contributed by atoms with Gasteiger partial charge in [-0.1, -0.05) is 23.5 Å². The lowest BCUT2D eigenvalue weighted by atomic mass is 10.1. The van der Waals surface area contributed by atoms with E-state index >= 15 is 0 Å². The van der Waals surface area contributed by atoms with Gasteiger partial charge in [-0.3, -0.25) is 9.59 Å². The summed E-state index contributed by atoms with van der Waals surface area (Å²) in [4.78, 5) is 30.2. The van der Waals surface area contributed by atoms with Crippen LogP contribution in [0.3, 0.4) is 0 Å². The second kappa shape index (κ2) is 4.62. The molecule has 2 amide bonds. The quantitative estimate of drug-likeness (QED) is 0.661. The minimum Gasteiger partial charge on any atom is -0.505 e. The van der Waals surface area contributed by atoms with E-state index in [-0.39, 0.29) is 10.9 Å². The molecule has 0 atom stereocenters. The van der Waals surface area contributed by atoms with Crippen LogP contribution >= 0.6 is 27.3 Å². The Morgan fingerprint density at radius 3 is 2.32 bits per heavy atom. The second-order valence-electron chi connectivity index (χ2n) is 4.73. The summed E-state index contributed by atoms with van der Waals surface area (Å²) in [6, 6.07) is 10.1. The van der Waals surface area contributed by atoms with Crippen LogP contribution in [0.1, 0.15) is 20.7 Å². The Balaban J connectivity index is 1.89. The molecule has 1 N–H and O–H groups in total. The van der Waals surface area contributed by atoms with Crippen molar-refractivity contribution in [3.8, 4) is 5.75 Å². The number of carbonyl (C=O) groups is 2. The van der Waals surface area contributed by atoms with Crippen molar-refractivity contribution in [2.24, 2.45) is 0 Å². The largest absolute Gasteiger partial charge is 0.505 e. The molecule has 7 heteroatoms. The molecule has 0 bridgehead atoms. The average molecular weight is 375 g/mol. The molecule has 0 fully saturated rings. The van der Waals surface area contributed by atoms with Crippen molar-refractivity contribution < 1.29 is 14.7 Å². The van der Waals surface area contributed by atoms with Gasteiger partial charge in [-0.15, -0.1) is 0 Å². The van der Waals surface area contributed by atoms with Gasteiger partial charge in [0.05, 0.1) is 25.8 Å². The molecule has 0 radical (unpaired) electrons. The number of nitrogens with zero attached hydrogens (tertiary/aromatic N) is 2. The predicted octanol–water partition coefficient (Wildman–Crippen LogP) is 3.57. The first kappa shape index (κ1) is 13.4. The Bertz CT molecular complexity index is 932. The fraction of sp³-hybridized carbons (Fsp3) is 0. The number of phenolic OH excluding ortho intramolecular Hbond substituents is 1. The van der Waals surface area contributed by atoms with Crippen molar-refractivity contribution in [2.75, 3.05) is 4.90 Å². The van der Waals surface area contributed by atoms with Crippen molar-refractivity contribution in [3.63, 3.8) is 0 Å². The van der Waals surface area contributed by atoms with Crippen LogP contribution in [0.2, 0.25) is 0 Å². The number of aromatic nitrogens is 1. The van der Waals surface area contributed by atoms with Crippen LogP contribution in [0.25, 0.3) is 10.2 Å². The summed E-state index contributed by atoms with van der Waals surface area (Å²) in [7, 11) is 0. The molecule has 1 aromatic heterocycles. The molecule has 0 saturated carbocycles. The number of hydrogen-bond acceptors (Lipinski definition) is 5. The summed E-state index contributed by atoms with van der Waals surface area (Å²) in [5.74, 6) is -0.728. The van der Waals surface area contributed by atoms with Crippen LogP contribution in [-0.2, 0) is 0 Å². The van der Waals surface area contributed by atoms with Gasteiger partial charge in [0.15, 0.2) is 0 Å². The number of imide groups is 1. The third kappa shape index (κ3) is 1.72. The van der Waals surface area contributed by atoms with Gasteiger partial charge in [0.25, 0.3) is 11.8 Å². The van der Waals surface area contributed by atoms with Crippen LogP contribution in [0, 0.1) is 0 Å². The lowest BCUT2D eigenvalue weighted by molar-refractivity contribution is 0.0926. The number of thiazole rings is 1. The summed E-state index contributed by atoms with van der Waals surface area (Å²) < 4.78 is 1.07. The van der Waals surface area contributed by atoms with E-state index in [1.165, 1.54) is 0 Å². The molecule has 5 nitrogen and oxygen atoms in total. The normalized spacial score (nSPS) is 14.0. The fourth-order valence-corrected chi connectivity index (χ4v) is 3.87. The van der Waals surface area contributed by atoms with Crippen molar-refractivity contribution in [3.05, 3.63) is 52.0 Å². The SMILES string of the molecule is O=C1c2ccccc2C(=O)N1c1nc2ccc(Br)c(O)c2s1. The van der Waals surface area contributed by atoms with Crippen molar-refractivity contribution in [1.82, 2.24) is 4.98 Å². The minimum atomic E-state index is -0.391. The lowest BCUT2D eigenvalue weighted by Gasteiger charge is -2.08. The first-order valence-electron chi connectivity index (χ1n) is 6.34. The highest BCUT2D eigenvalue weighted by molar-refractivity contribution is 9.10. The van der Waals surface area contributed by atoms with Gasteiger partial charge >= 0.3 is 0 Å². The third-order valence-electron chi connectivity index (χ3n) is 3.46. The van der Waals surface area contributed by atoms with Gasteiger partial charge in [0.1, 0.15) is 5.75 Å². The summed E-state index contributed by atoms with van der Waals surface area (Å²) >= 11 is 4.34. The van der Waals surface area contributed by atoms with E-state index in [2.05, 4.69) is 20.9 Å². The topological polar surface area (TPSA) is 70.5 Å². The molecule has 1 aliphatic rings. The number of amides is 2. The molecule has 2 heterocycles. The minimum absolute atomic E-state index is 0.0536. The summed E-state index contributed by atoms with van der Waals surface area (Å²) in [6.07, 6.45) is 0. The van der Waals surface area contributed by atoms with Gasteiger partial charge in [-0.25, -0.2) is 9.88 Å². The van der Waals surface area contributed by atoms with Crippen molar-refractivity contribution in [1.29, 1.82) is 0 Å². The van der Waals surface area contributed by atoms with E-state index in [4.69, 9.17) is 0 Å². The van der Waals surface area contributed by atoms with Crippen LogP contribution < -0.4 is 4.90 Å². The van der Waals surface area contributed by atoms with E-state index in [1.54, 1.807) is 36.4 Å². The van der Waals surface area contributed by atoms with Crippen LogP contribution in [0.4, 0.5) is 5.13 Å². The van der Waals surface area contributed by atoms with Crippen LogP contribution in [0.15, 0.2) is 40.9 Å². The van der Waals surface area contributed by atoms with E-state index in [9.17, 15) is 14.7 Å². The molecule has 3 aromatic rings. The highest BCUT2D eigenvalue weighted by Crippen LogP contribution is 2.40. The summed E-state index contributed by atoms with van der Waals surface area (Å²) in [5.41, 5.74) is 1.28. The fourth-order valence-electron chi connectivity index (χ4n) is 2.40. The van der Waals surface area contributed by atoms with Crippen molar-refractivity contribution >= 4 is 54.4 Å². The molecule has 0 saturated heterocycles. The monoisotopic (exact) mass is 374 g/mol. The molecule has 2 aromatic carbocycles. The second-order valence-corrected chi connectivity index (χ2v) is 6.56. The number of aromatic hydroxyl groups is 1. The molecular weight excluding hydrogens is 368 g/mol. The van der Waals surface area contributed by atoms with E-state index < -0.39 is 11.8 Å². The van der Waals surface area contributed by atoms with E-state index in [0.717, 1.165) is 16.2 Å². The Hall–Kier alpha value is -2.25. The highest BCUT2D eigenvalue weighted by Gasteiger charge is 2.38. The maximum atomic E-state index is 12.4. The molecule has 0 aliphatic carbocycles. The van der Waals surface area contributed by atoms with Gasteiger partial charge in [0.2, 0.25) is 5.13 Å². The van der Waals surface area contributed by atoms with Crippen LogP contribution in [0.5, 0.6) is 5.75 Å². The zero-order valence-corrected chi connectivity index (χ0v) is 13.3. The van der Waals surface area contributed by atoms with Gasteiger partial charge in [0, 0.05) is 0 Å². The molecule has 0 unspecified atom stereocenters. The molecule has 4 rings (SSSR count). The molecular formula is C15H7BrN2O3S. The molecule has 1 aliphatic heterocycles. The average Bonchev–Trinajstić information content (AvgIpc) is 3.05. The highest BCUT2D eigenvalue weighted by atomic mass is 79.9. The Labute approximate surface area is 136 Å². The van der Waals surface area contributed by atoms with Gasteiger partial charge in [-0.05, 0) is 40.2 Å². The van der Waals surface area contributed by atoms with Crippen LogP contribution in [-0.4, -0.2) is 21.9 Å². The Morgan fingerprint density at radius 2 is 1.68 bits per heavy atom. The number of fused-ring (bicyclic) bond motifs is 2. The number of carbonyl (C=O) groups excluding carboxylic acids is 2. The summed E-state index contributed by atoms with van der Waals surface area (Å²) in [5, 5.41) is 10.3. The first-order chi connectivity index (χ1) is 10.6. The zero-order chi connectivity index (χ0) is 15.4. The number of anilines is 1. The Morgan fingerprint density at radius 1 is 1.05 bits per heavy atom.